The van der Waals surface area contributed by atoms with E-state index in [2.05, 4.69) is 25.7 Å². The minimum atomic E-state index is -0.294. The van der Waals surface area contributed by atoms with Crippen molar-refractivity contribution >= 4 is 40.6 Å². The van der Waals surface area contributed by atoms with Gasteiger partial charge in [-0.05, 0) is 36.8 Å². The van der Waals surface area contributed by atoms with Crippen LogP contribution >= 0.6 is 23.2 Å². The van der Waals surface area contributed by atoms with Crippen LogP contribution in [0.2, 0.25) is 10.0 Å². The quantitative estimate of drug-likeness (QED) is 0.543. The van der Waals surface area contributed by atoms with Crippen molar-refractivity contribution in [3.8, 4) is 5.82 Å². The first-order valence-corrected chi connectivity index (χ1v) is 9.29. The van der Waals surface area contributed by atoms with Crippen molar-refractivity contribution in [1.29, 1.82) is 0 Å². The third-order valence-electron chi connectivity index (χ3n) is 4.82. The minimum Gasteiger partial charge on any atom is -0.310 e. The van der Waals surface area contributed by atoms with Crippen molar-refractivity contribution in [2.45, 2.75) is 19.3 Å². The molecule has 0 fully saturated rings. The molecule has 8 nitrogen and oxygen atoms in total. The average molecular weight is 414 g/mol. The Hall–Kier alpha value is -2.97. The summed E-state index contributed by atoms with van der Waals surface area (Å²) in [6.45, 7) is 1.89. The van der Waals surface area contributed by atoms with E-state index in [1.807, 2.05) is 6.92 Å². The van der Waals surface area contributed by atoms with Gasteiger partial charge in [0.15, 0.2) is 11.5 Å². The van der Waals surface area contributed by atoms with E-state index >= 15 is 0 Å². The summed E-state index contributed by atoms with van der Waals surface area (Å²) in [7, 11) is 0. The Bertz CT molecular complexity index is 1230. The van der Waals surface area contributed by atoms with Crippen LogP contribution in [0.25, 0.3) is 11.5 Å². The van der Waals surface area contributed by atoms with Crippen molar-refractivity contribution in [2.75, 3.05) is 5.32 Å². The minimum absolute atomic E-state index is 0.139. The van der Waals surface area contributed by atoms with Gasteiger partial charge in [-0.25, -0.2) is 0 Å². The first-order valence-electron chi connectivity index (χ1n) is 8.53. The Morgan fingerprint density at radius 2 is 1.89 bits per heavy atom. The van der Waals surface area contributed by atoms with Crippen LogP contribution in [0.4, 0.5) is 5.82 Å². The van der Waals surface area contributed by atoms with E-state index in [0.29, 0.717) is 27.3 Å². The summed E-state index contributed by atoms with van der Waals surface area (Å²) >= 11 is 12.9. The predicted molar refractivity (Wildman–Crippen MR) is 104 cm³/mol. The average Bonchev–Trinajstić information content (AvgIpc) is 3.25. The maximum absolute atomic E-state index is 12.5. The van der Waals surface area contributed by atoms with E-state index in [-0.39, 0.29) is 18.2 Å². The molecule has 5 rings (SSSR count). The number of benzene rings is 1. The summed E-state index contributed by atoms with van der Waals surface area (Å²) in [6.07, 6.45) is 1.74. The van der Waals surface area contributed by atoms with Gasteiger partial charge < -0.3 is 5.32 Å². The van der Waals surface area contributed by atoms with E-state index in [9.17, 15) is 4.79 Å². The molecule has 1 amide bonds. The van der Waals surface area contributed by atoms with Gasteiger partial charge in [-0.3, -0.25) is 4.79 Å². The second kappa shape index (κ2) is 6.29. The first-order chi connectivity index (χ1) is 13.5. The van der Waals surface area contributed by atoms with E-state index in [1.54, 1.807) is 39.5 Å². The van der Waals surface area contributed by atoms with Crippen LogP contribution in [0.15, 0.2) is 36.7 Å². The molecule has 3 aromatic heterocycles. The molecule has 4 aromatic rings. The van der Waals surface area contributed by atoms with Crippen LogP contribution in [-0.4, -0.2) is 35.5 Å². The fourth-order valence-corrected chi connectivity index (χ4v) is 4.30. The molecule has 0 saturated heterocycles. The Morgan fingerprint density at radius 1 is 1.11 bits per heavy atom. The molecule has 1 aromatic carbocycles. The van der Waals surface area contributed by atoms with Crippen LogP contribution in [0.3, 0.4) is 0 Å². The highest BCUT2D eigenvalue weighted by atomic mass is 35.5. The molecule has 140 valence electrons. The zero-order chi connectivity index (χ0) is 19.4. The summed E-state index contributed by atoms with van der Waals surface area (Å²) in [4.78, 5) is 12.5. The summed E-state index contributed by atoms with van der Waals surface area (Å²) in [5.74, 6) is 0.662. The number of halogens is 2. The summed E-state index contributed by atoms with van der Waals surface area (Å²) in [6, 6.07) is 8.89. The standard InChI is InChI=1S/C18H13Cl2N7O/c1-9-16-10(17-11(19)3-2-4-12(17)20)7-15(28)22-18(16)27(24-9)14-6-5-13-23-21-8-26(13)25-14/h2-6,8,10H,7H2,1H3,(H,22,28)/t10-/m1/s1. The van der Waals surface area contributed by atoms with Crippen molar-refractivity contribution in [1.82, 2.24) is 29.6 Å². The molecular weight excluding hydrogens is 401 g/mol. The lowest BCUT2D eigenvalue weighted by Crippen LogP contribution is -2.25. The molecule has 1 N–H and O–H groups in total. The molecule has 0 bridgehead atoms. The fraction of sp³-hybridized carbons (Fsp3) is 0.167. The Morgan fingerprint density at radius 3 is 2.68 bits per heavy atom. The molecule has 0 saturated carbocycles. The molecule has 0 aliphatic carbocycles. The molecular formula is C18H13Cl2N7O. The van der Waals surface area contributed by atoms with Crippen molar-refractivity contribution in [3.05, 3.63) is 63.5 Å². The SMILES string of the molecule is Cc1nn(-c2ccc3nncn3n2)c2c1[C@H](c1c(Cl)cccc1Cl)CC(=O)N2. The number of anilines is 1. The number of hydrogen-bond donors (Lipinski definition) is 1. The second-order valence-corrected chi connectivity index (χ2v) is 7.34. The van der Waals surface area contributed by atoms with Gasteiger partial charge in [0.2, 0.25) is 5.91 Å². The number of aromatic nitrogens is 6. The highest BCUT2D eigenvalue weighted by Gasteiger charge is 2.35. The van der Waals surface area contributed by atoms with Crippen molar-refractivity contribution in [3.63, 3.8) is 0 Å². The van der Waals surface area contributed by atoms with Gasteiger partial charge in [0.1, 0.15) is 12.1 Å². The number of nitrogens with one attached hydrogen (secondary N) is 1. The van der Waals surface area contributed by atoms with Crippen molar-refractivity contribution in [2.24, 2.45) is 0 Å². The molecule has 0 spiro atoms. The first kappa shape index (κ1) is 17.2. The smallest absolute Gasteiger partial charge is 0.226 e. The number of rotatable bonds is 2. The molecule has 4 heterocycles. The number of carbonyl (C=O) groups excluding carboxylic acids is 1. The number of fused-ring (bicyclic) bond motifs is 2. The predicted octanol–water partition coefficient (Wildman–Crippen LogP) is 3.40. The maximum atomic E-state index is 12.5. The van der Waals surface area contributed by atoms with Gasteiger partial charge in [-0.15, -0.1) is 15.3 Å². The van der Waals surface area contributed by atoms with Gasteiger partial charge in [0, 0.05) is 27.9 Å². The number of carbonyl (C=O) groups is 1. The molecule has 10 heteroatoms. The zero-order valence-corrected chi connectivity index (χ0v) is 16.1. The molecule has 0 radical (unpaired) electrons. The van der Waals surface area contributed by atoms with Crippen LogP contribution in [0.5, 0.6) is 0 Å². The van der Waals surface area contributed by atoms with Crippen molar-refractivity contribution < 1.29 is 4.79 Å². The largest absolute Gasteiger partial charge is 0.310 e. The highest BCUT2D eigenvalue weighted by molar-refractivity contribution is 6.36. The van der Waals surface area contributed by atoms with Crippen LogP contribution in [0.1, 0.15) is 29.2 Å². The van der Waals surface area contributed by atoms with Gasteiger partial charge in [0.25, 0.3) is 0 Å². The van der Waals surface area contributed by atoms with Gasteiger partial charge in [0.05, 0.1) is 5.69 Å². The van der Waals surface area contributed by atoms with E-state index in [0.717, 1.165) is 16.8 Å². The number of hydrogen-bond acceptors (Lipinski definition) is 5. The highest BCUT2D eigenvalue weighted by Crippen LogP contribution is 2.44. The lowest BCUT2D eigenvalue weighted by molar-refractivity contribution is -0.116. The number of nitrogens with zero attached hydrogens (tertiary/aromatic N) is 6. The molecule has 1 aliphatic rings. The molecule has 0 unspecified atom stereocenters. The lowest BCUT2D eigenvalue weighted by Gasteiger charge is -2.25. The van der Waals surface area contributed by atoms with E-state index < -0.39 is 0 Å². The third kappa shape index (κ3) is 2.56. The second-order valence-electron chi connectivity index (χ2n) is 6.52. The van der Waals surface area contributed by atoms with E-state index in [4.69, 9.17) is 23.2 Å². The normalized spacial score (nSPS) is 16.2. The Labute approximate surface area is 169 Å². The number of amides is 1. The van der Waals surface area contributed by atoms with E-state index in [1.165, 1.54) is 6.33 Å². The topological polar surface area (TPSA) is 90.0 Å². The maximum Gasteiger partial charge on any atom is 0.226 e. The Balaban J connectivity index is 1.71. The lowest BCUT2D eigenvalue weighted by atomic mass is 9.85. The number of aryl methyl sites for hydroxylation is 1. The molecule has 28 heavy (non-hydrogen) atoms. The molecule has 1 atom stereocenters. The van der Waals surface area contributed by atoms with Gasteiger partial charge in [-0.1, -0.05) is 29.3 Å². The Kier molecular flexibility index (Phi) is 3.85. The third-order valence-corrected chi connectivity index (χ3v) is 5.47. The summed E-state index contributed by atoms with van der Waals surface area (Å²) < 4.78 is 3.16. The summed E-state index contributed by atoms with van der Waals surface area (Å²) in [5.41, 5.74) is 2.99. The molecule has 1 aliphatic heterocycles. The zero-order valence-electron chi connectivity index (χ0n) is 14.6. The van der Waals surface area contributed by atoms with Crippen LogP contribution < -0.4 is 5.32 Å². The van der Waals surface area contributed by atoms with Crippen LogP contribution in [-0.2, 0) is 4.79 Å². The van der Waals surface area contributed by atoms with Gasteiger partial charge >= 0.3 is 0 Å². The van der Waals surface area contributed by atoms with Gasteiger partial charge in [-0.2, -0.15) is 14.3 Å². The fourth-order valence-electron chi connectivity index (χ4n) is 3.63. The summed E-state index contributed by atoms with van der Waals surface area (Å²) in [5, 5.41) is 20.8. The monoisotopic (exact) mass is 413 g/mol. The van der Waals surface area contributed by atoms with Crippen LogP contribution in [0, 0.1) is 6.92 Å².